The minimum Gasteiger partial charge on any atom is -0.309 e. The molecule has 3 heteroatoms. The fraction of sp³-hybridized carbons (Fsp3) is 0.667. The third-order valence-electron chi connectivity index (χ3n) is 3.88. The maximum Gasteiger partial charge on any atom is 0.0761 e. The lowest BCUT2D eigenvalue weighted by Crippen LogP contribution is -2.29. The quantitative estimate of drug-likeness (QED) is 0.820. The van der Waals surface area contributed by atoms with Crippen molar-refractivity contribution >= 4 is 11.6 Å². The summed E-state index contributed by atoms with van der Waals surface area (Å²) in [6, 6.07) is 4.18. The SMILES string of the molecule is CCNC(c1ncccc1Cl)C1CCCCCC1. The molecular formula is C15H23ClN2. The molecule has 1 aliphatic carbocycles. The Kier molecular flexibility index (Phi) is 5.45. The largest absolute Gasteiger partial charge is 0.309 e. The summed E-state index contributed by atoms with van der Waals surface area (Å²) in [6.07, 6.45) is 9.89. The van der Waals surface area contributed by atoms with Crippen LogP contribution in [-0.4, -0.2) is 11.5 Å². The molecule has 18 heavy (non-hydrogen) atoms. The van der Waals surface area contributed by atoms with Crippen LogP contribution >= 0.6 is 11.6 Å². The Balaban J connectivity index is 2.18. The van der Waals surface area contributed by atoms with Gasteiger partial charge < -0.3 is 5.32 Å². The van der Waals surface area contributed by atoms with Gasteiger partial charge >= 0.3 is 0 Å². The second-order valence-electron chi connectivity index (χ2n) is 5.16. The van der Waals surface area contributed by atoms with Crippen molar-refractivity contribution in [3.05, 3.63) is 29.0 Å². The van der Waals surface area contributed by atoms with Gasteiger partial charge in [0.15, 0.2) is 0 Å². The zero-order chi connectivity index (χ0) is 12.8. The molecule has 1 aliphatic rings. The molecule has 1 atom stereocenters. The van der Waals surface area contributed by atoms with E-state index in [4.69, 9.17) is 11.6 Å². The predicted octanol–water partition coefficient (Wildman–Crippen LogP) is 4.36. The molecule has 2 nitrogen and oxygen atoms in total. The molecule has 2 rings (SSSR count). The van der Waals surface area contributed by atoms with Crippen LogP contribution in [0.25, 0.3) is 0 Å². The lowest BCUT2D eigenvalue weighted by molar-refractivity contribution is 0.324. The van der Waals surface area contributed by atoms with Crippen molar-refractivity contribution in [2.24, 2.45) is 5.92 Å². The maximum atomic E-state index is 6.31. The number of hydrogen-bond donors (Lipinski definition) is 1. The van der Waals surface area contributed by atoms with Crippen molar-refractivity contribution in [3.8, 4) is 0 Å². The van der Waals surface area contributed by atoms with Gasteiger partial charge in [0, 0.05) is 6.20 Å². The van der Waals surface area contributed by atoms with Crippen molar-refractivity contribution < 1.29 is 0 Å². The van der Waals surface area contributed by atoms with Crippen LogP contribution in [0.15, 0.2) is 18.3 Å². The molecule has 1 N–H and O–H groups in total. The average Bonchev–Trinajstić information content (AvgIpc) is 2.66. The van der Waals surface area contributed by atoms with E-state index in [-0.39, 0.29) is 0 Å². The van der Waals surface area contributed by atoms with Gasteiger partial charge in [-0.05, 0) is 37.4 Å². The summed E-state index contributed by atoms with van der Waals surface area (Å²) in [5.74, 6) is 0.680. The fourth-order valence-electron chi connectivity index (χ4n) is 2.98. The van der Waals surface area contributed by atoms with Crippen LogP contribution in [-0.2, 0) is 0 Å². The van der Waals surface area contributed by atoms with E-state index in [2.05, 4.69) is 17.2 Å². The van der Waals surface area contributed by atoms with Crippen LogP contribution in [0.2, 0.25) is 5.02 Å². The van der Waals surface area contributed by atoms with E-state index in [0.29, 0.717) is 12.0 Å². The first-order valence-electron chi connectivity index (χ1n) is 7.16. The van der Waals surface area contributed by atoms with Gasteiger partial charge in [0.2, 0.25) is 0 Å². The number of nitrogens with zero attached hydrogens (tertiary/aromatic N) is 1. The van der Waals surface area contributed by atoms with Crippen LogP contribution in [0.4, 0.5) is 0 Å². The number of rotatable bonds is 4. The van der Waals surface area contributed by atoms with Crippen LogP contribution in [0.5, 0.6) is 0 Å². The number of hydrogen-bond acceptors (Lipinski definition) is 2. The molecular weight excluding hydrogens is 244 g/mol. The molecule has 0 bridgehead atoms. The monoisotopic (exact) mass is 266 g/mol. The van der Waals surface area contributed by atoms with Gasteiger partial charge in [-0.2, -0.15) is 0 Å². The molecule has 0 radical (unpaired) electrons. The van der Waals surface area contributed by atoms with Crippen LogP contribution < -0.4 is 5.32 Å². The van der Waals surface area contributed by atoms with E-state index in [9.17, 15) is 0 Å². The summed E-state index contributed by atoms with van der Waals surface area (Å²) >= 11 is 6.31. The molecule has 0 aromatic carbocycles. The Hall–Kier alpha value is -0.600. The normalized spacial score (nSPS) is 19.4. The standard InChI is InChI=1S/C15H23ClN2/c1-2-17-14(12-8-5-3-4-6-9-12)15-13(16)10-7-11-18-15/h7,10-12,14,17H,2-6,8-9H2,1H3. The highest BCUT2D eigenvalue weighted by molar-refractivity contribution is 6.31. The molecule has 1 fully saturated rings. The van der Waals surface area contributed by atoms with E-state index < -0.39 is 0 Å². The molecule has 1 unspecified atom stereocenters. The minimum atomic E-state index is 0.321. The summed E-state index contributed by atoms with van der Waals surface area (Å²) in [6.45, 7) is 3.12. The Morgan fingerprint density at radius 1 is 1.33 bits per heavy atom. The van der Waals surface area contributed by atoms with Crippen molar-refractivity contribution in [2.45, 2.75) is 51.5 Å². The average molecular weight is 267 g/mol. The van der Waals surface area contributed by atoms with Crippen molar-refractivity contribution in [1.29, 1.82) is 0 Å². The lowest BCUT2D eigenvalue weighted by atomic mass is 9.89. The molecule has 1 aromatic rings. The van der Waals surface area contributed by atoms with Gasteiger partial charge in [-0.15, -0.1) is 0 Å². The van der Waals surface area contributed by atoms with Gasteiger partial charge in [0.1, 0.15) is 0 Å². The van der Waals surface area contributed by atoms with Gasteiger partial charge in [-0.3, -0.25) is 4.98 Å². The van der Waals surface area contributed by atoms with Crippen molar-refractivity contribution in [1.82, 2.24) is 10.3 Å². The van der Waals surface area contributed by atoms with E-state index in [1.807, 2.05) is 18.3 Å². The summed E-state index contributed by atoms with van der Waals surface area (Å²) in [5, 5.41) is 4.39. The van der Waals surface area contributed by atoms with Crippen molar-refractivity contribution in [3.63, 3.8) is 0 Å². The van der Waals surface area contributed by atoms with Gasteiger partial charge in [0.05, 0.1) is 16.8 Å². The number of aromatic nitrogens is 1. The van der Waals surface area contributed by atoms with Crippen LogP contribution in [0.1, 0.15) is 57.2 Å². The van der Waals surface area contributed by atoms with Gasteiger partial charge in [-0.25, -0.2) is 0 Å². The molecule has 100 valence electrons. The molecule has 1 saturated carbocycles. The Bertz CT molecular complexity index is 359. The number of pyridine rings is 1. The Labute approximate surface area is 115 Å². The molecule has 1 heterocycles. The third kappa shape index (κ3) is 3.46. The second-order valence-corrected chi connectivity index (χ2v) is 5.56. The zero-order valence-electron chi connectivity index (χ0n) is 11.2. The Morgan fingerprint density at radius 3 is 2.67 bits per heavy atom. The Morgan fingerprint density at radius 2 is 2.06 bits per heavy atom. The fourth-order valence-corrected chi connectivity index (χ4v) is 3.22. The summed E-state index contributed by atoms with van der Waals surface area (Å²) < 4.78 is 0. The first-order valence-corrected chi connectivity index (χ1v) is 7.54. The highest BCUT2D eigenvalue weighted by Gasteiger charge is 2.25. The number of halogens is 1. The van der Waals surface area contributed by atoms with E-state index in [1.165, 1.54) is 38.5 Å². The van der Waals surface area contributed by atoms with E-state index in [0.717, 1.165) is 17.3 Å². The summed E-state index contributed by atoms with van der Waals surface area (Å²) in [5.41, 5.74) is 1.04. The lowest BCUT2D eigenvalue weighted by Gasteiger charge is -2.27. The van der Waals surface area contributed by atoms with Crippen LogP contribution in [0.3, 0.4) is 0 Å². The first-order chi connectivity index (χ1) is 8.83. The predicted molar refractivity (Wildman–Crippen MR) is 76.9 cm³/mol. The van der Waals surface area contributed by atoms with Gasteiger partial charge in [0.25, 0.3) is 0 Å². The van der Waals surface area contributed by atoms with Crippen LogP contribution in [0, 0.1) is 5.92 Å². The van der Waals surface area contributed by atoms with Crippen molar-refractivity contribution in [2.75, 3.05) is 6.54 Å². The smallest absolute Gasteiger partial charge is 0.0761 e. The zero-order valence-corrected chi connectivity index (χ0v) is 11.9. The molecule has 0 saturated heterocycles. The molecule has 1 aromatic heterocycles. The third-order valence-corrected chi connectivity index (χ3v) is 4.20. The van der Waals surface area contributed by atoms with Gasteiger partial charge in [-0.1, -0.05) is 44.2 Å². The van der Waals surface area contributed by atoms with E-state index >= 15 is 0 Å². The second kappa shape index (κ2) is 7.10. The molecule has 0 aliphatic heterocycles. The highest BCUT2D eigenvalue weighted by Crippen LogP contribution is 2.35. The molecule has 0 amide bonds. The molecule has 0 spiro atoms. The summed E-state index contributed by atoms with van der Waals surface area (Å²) in [4.78, 5) is 4.51. The topological polar surface area (TPSA) is 24.9 Å². The van der Waals surface area contributed by atoms with E-state index in [1.54, 1.807) is 0 Å². The summed E-state index contributed by atoms with van der Waals surface area (Å²) in [7, 11) is 0. The first kappa shape index (κ1) is 13.8. The minimum absolute atomic E-state index is 0.321. The number of nitrogens with one attached hydrogen (secondary N) is 1. The maximum absolute atomic E-state index is 6.31. The highest BCUT2D eigenvalue weighted by atomic mass is 35.5.